The van der Waals surface area contributed by atoms with Gasteiger partial charge < -0.3 is 15.7 Å². The van der Waals surface area contributed by atoms with Crippen LogP contribution in [-0.4, -0.2) is 23.7 Å². The normalized spacial score (nSPS) is 11.7. The van der Waals surface area contributed by atoms with E-state index in [0.717, 1.165) is 0 Å². The summed E-state index contributed by atoms with van der Waals surface area (Å²) in [4.78, 5) is 22.1. The molecule has 0 bridgehead atoms. The standard InChI is InChI=1S/C12H14Cl2N2O3/c1-7(11(17)18)4-5-15-12(19)16-8-2-3-9(13)10(14)6-8/h2-3,6-7H,4-5H2,1H3,(H,17,18)(H2,15,16,19). The monoisotopic (exact) mass is 304 g/mol. The van der Waals surface area contributed by atoms with Crippen LogP contribution in [0.5, 0.6) is 0 Å². The number of urea groups is 1. The quantitative estimate of drug-likeness (QED) is 0.781. The number of amides is 2. The number of carboxylic acid groups (broad SMARTS) is 1. The molecule has 0 spiro atoms. The maximum Gasteiger partial charge on any atom is 0.319 e. The Morgan fingerprint density at radius 1 is 1.32 bits per heavy atom. The minimum atomic E-state index is -0.883. The zero-order valence-electron chi connectivity index (χ0n) is 10.2. The van der Waals surface area contributed by atoms with Gasteiger partial charge in [-0.05, 0) is 24.6 Å². The first kappa shape index (κ1) is 15.6. The number of carbonyl (C=O) groups is 2. The molecule has 7 heteroatoms. The van der Waals surface area contributed by atoms with Gasteiger partial charge in [0, 0.05) is 12.2 Å². The first-order chi connectivity index (χ1) is 8.90. The minimum absolute atomic E-state index is 0.278. The lowest BCUT2D eigenvalue weighted by molar-refractivity contribution is -0.141. The first-order valence-electron chi connectivity index (χ1n) is 5.63. The fourth-order valence-electron chi connectivity index (χ4n) is 1.27. The van der Waals surface area contributed by atoms with E-state index in [1.807, 2.05) is 0 Å². The number of benzene rings is 1. The summed E-state index contributed by atoms with van der Waals surface area (Å²) in [5, 5.41) is 14.6. The van der Waals surface area contributed by atoms with E-state index in [1.165, 1.54) is 6.07 Å². The molecular formula is C12H14Cl2N2O3. The van der Waals surface area contributed by atoms with Gasteiger partial charge in [-0.2, -0.15) is 0 Å². The van der Waals surface area contributed by atoms with Crippen LogP contribution in [0.2, 0.25) is 10.0 Å². The molecule has 1 atom stereocenters. The van der Waals surface area contributed by atoms with Crippen molar-refractivity contribution < 1.29 is 14.7 Å². The molecule has 0 aliphatic heterocycles. The smallest absolute Gasteiger partial charge is 0.319 e. The van der Waals surface area contributed by atoms with Crippen LogP contribution >= 0.6 is 23.2 Å². The largest absolute Gasteiger partial charge is 0.481 e. The van der Waals surface area contributed by atoms with Crippen LogP contribution in [0.25, 0.3) is 0 Å². The molecule has 3 N–H and O–H groups in total. The van der Waals surface area contributed by atoms with Crippen molar-refractivity contribution in [3.05, 3.63) is 28.2 Å². The summed E-state index contributed by atoms with van der Waals surface area (Å²) in [7, 11) is 0. The van der Waals surface area contributed by atoms with Crippen LogP contribution in [0.1, 0.15) is 13.3 Å². The van der Waals surface area contributed by atoms with Gasteiger partial charge in [0.2, 0.25) is 0 Å². The number of hydrogen-bond donors (Lipinski definition) is 3. The third-order valence-electron chi connectivity index (χ3n) is 2.46. The molecule has 0 fully saturated rings. The Hall–Kier alpha value is -1.46. The molecule has 0 saturated carbocycles. The Bertz CT molecular complexity index is 480. The van der Waals surface area contributed by atoms with Crippen molar-refractivity contribution in [2.24, 2.45) is 5.92 Å². The van der Waals surface area contributed by atoms with Crippen LogP contribution in [0.3, 0.4) is 0 Å². The SMILES string of the molecule is CC(CCNC(=O)Nc1ccc(Cl)c(Cl)c1)C(=O)O. The van der Waals surface area contributed by atoms with E-state index in [9.17, 15) is 9.59 Å². The van der Waals surface area contributed by atoms with E-state index < -0.39 is 17.9 Å². The van der Waals surface area contributed by atoms with E-state index >= 15 is 0 Å². The third-order valence-corrected chi connectivity index (χ3v) is 3.20. The van der Waals surface area contributed by atoms with E-state index in [-0.39, 0.29) is 6.54 Å². The Balaban J connectivity index is 2.39. The van der Waals surface area contributed by atoms with Gasteiger partial charge in [0.1, 0.15) is 0 Å². The van der Waals surface area contributed by atoms with Crippen molar-refractivity contribution in [3.63, 3.8) is 0 Å². The number of hydrogen-bond acceptors (Lipinski definition) is 2. The van der Waals surface area contributed by atoms with Crippen LogP contribution in [0.4, 0.5) is 10.5 Å². The Morgan fingerprint density at radius 3 is 2.58 bits per heavy atom. The van der Waals surface area contributed by atoms with Gasteiger partial charge in [0.05, 0.1) is 16.0 Å². The summed E-state index contributed by atoms with van der Waals surface area (Å²) < 4.78 is 0. The zero-order chi connectivity index (χ0) is 14.4. The molecule has 1 unspecified atom stereocenters. The lowest BCUT2D eigenvalue weighted by Crippen LogP contribution is -2.31. The second-order valence-corrected chi connectivity index (χ2v) is 4.85. The number of carbonyl (C=O) groups excluding carboxylic acids is 1. The fraction of sp³-hybridized carbons (Fsp3) is 0.333. The van der Waals surface area contributed by atoms with Gasteiger partial charge >= 0.3 is 12.0 Å². The summed E-state index contributed by atoms with van der Waals surface area (Å²) >= 11 is 11.6. The van der Waals surface area contributed by atoms with E-state index in [0.29, 0.717) is 22.2 Å². The number of rotatable bonds is 5. The fourth-order valence-corrected chi connectivity index (χ4v) is 1.57. The Labute approximate surface area is 120 Å². The van der Waals surface area contributed by atoms with Gasteiger partial charge in [0.15, 0.2) is 0 Å². The third kappa shape index (κ3) is 5.36. The lowest BCUT2D eigenvalue weighted by Gasteiger charge is -2.09. The van der Waals surface area contributed by atoms with Gasteiger partial charge in [-0.25, -0.2) is 4.79 Å². The number of halogens is 2. The van der Waals surface area contributed by atoms with Crippen LogP contribution < -0.4 is 10.6 Å². The molecule has 0 aromatic heterocycles. The molecule has 1 aromatic carbocycles. The average molecular weight is 305 g/mol. The van der Waals surface area contributed by atoms with Crippen molar-refractivity contribution in [1.82, 2.24) is 5.32 Å². The highest BCUT2D eigenvalue weighted by molar-refractivity contribution is 6.42. The highest BCUT2D eigenvalue weighted by atomic mass is 35.5. The van der Waals surface area contributed by atoms with Crippen LogP contribution in [0.15, 0.2) is 18.2 Å². The summed E-state index contributed by atoms with van der Waals surface area (Å²) in [6.07, 6.45) is 0.365. The van der Waals surface area contributed by atoms with Crippen molar-refractivity contribution in [1.29, 1.82) is 0 Å². The number of carboxylic acids is 1. The van der Waals surface area contributed by atoms with Gasteiger partial charge in [-0.1, -0.05) is 30.1 Å². The predicted molar refractivity (Wildman–Crippen MR) is 74.9 cm³/mol. The molecule has 19 heavy (non-hydrogen) atoms. The maximum atomic E-state index is 11.5. The lowest BCUT2D eigenvalue weighted by atomic mass is 10.1. The molecule has 5 nitrogen and oxygen atoms in total. The summed E-state index contributed by atoms with van der Waals surface area (Å²) in [5.74, 6) is -1.38. The van der Waals surface area contributed by atoms with Crippen molar-refractivity contribution >= 4 is 40.9 Å². The maximum absolute atomic E-state index is 11.5. The number of aliphatic carboxylic acids is 1. The van der Waals surface area contributed by atoms with Crippen molar-refractivity contribution in [2.45, 2.75) is 13.3 Å². The molecule has 0 heterocycles. The summed E-state index contributed by atoms with van der Waals surface area (Å²) in [6.45, 7) is 1.86. The molecule has 0 radical (unpaired) electrons. The molecule has 2 amide bonds. The molecule has 1 rings (SSSR count). The van der Waals surface area contributed by atoms with E-state index in [4.69, 9.17) is 28.3 Å². The highest BCUT2D eigenvalue weighted by Crippen LogP contribution is 2.24. The number of nitrogens with one attached hydrogen (secondary N) is 2. The molecule has 104 valence electrons. The van der Waals surface area contributed by atoms with E-state index in [1.54, 1.807) is 19.1 Å². The highest BCUT2D eigenvalue weighted by Gasteiger charge is 2.11. The summed E-state index contributed by atoms with van der Waals surface area (Å²) in [5.41, 5.74) is 0.512. The Kier molecular flexibility index (Phi) is 5.92. The van der Waals surface area contributed by atoms with Gasteiger partial charge in [-0.15, -0.1) is 0 Å². The molecular weight excluding hydrogens is 291 g/mol. The predicted octanol–water partition coefficient (Wildman–Crippen LogP) is 3.23. The minimum Gasteiger partial charge on any atom is -0.481 e. The molecule has 0 aliphatic carbocycles. The average Bonchev–Trinajstić information content (AvgIpc) is 2.33. The van der Waals surface area contributed by atoms with Crippen molar-refractivity contribution in [3.8, 4) is 0 Å². The van der Waals surface area contributed by atoms with Crippen LogP contribution in [0, 0.1) is 5.92 Å². The number of anilines is 1. The second-order valence-electron chi connectivity index (χ2n) is 4.04. The Morgan fingerprint density at radius 2 is 2.00 bits per heavy atom. The second kappa shape index (κ2) is 7.21. The summed E-state index contributed by atoms with van der Waals surface area (Å²) in [6, 6.07) is 4.30. The van der Waals surface area contributed by atoms with Gasteiger partial charge in [-0.3, -0.25) is 4.79 Å². The molecule has 0 saturated heterocycles. The molecule has 0 aliphatic rings. The van der Waals surface area contributed by atoms with Gasteiger partial charge in [0.25, 0.3) is 0 Å². The topological polar surface area (TPSA) is 78.4 Å². The zero-order valence-corrected chi connectivity index (χ0v) is 11.8. The first-order valence-corrected chi connectivity index (χ1v) is 6.38. The van der Waals surface area contributed by atoms with E-state index in [2.05, 4.69) is 10.6 Å². The van der Waals surface area contributed by atoms with Crippen molar-refractivity contribution in [2.75, 3.05) is 11.9 Å². The molecule has 1 aromatic rings. The van der Waals surface area contributed by atoms with Crippen LogP contribution in [-0.2, 0) is 4.79 Å².